The van der Waals surface area contributed by atoms with Gasteiger partial charge < -0.3 is 4.42 Å². The van der Waals surface area contributed by atoms with Gasteiger partial charge in [0.25, 0.3) is 0 Å². The molecule has 0 aliphatic rings. The van der Waals surface area contributed by atoms with Crippen LogP contribution >= 0.6 is 0 Å². The molecule has 49 heavy (non-hydrogen) atoms. The van der Waals surface area contributed by atoms with Crippen molar-refractivity contribution in [1.82, 2.24) is 15.0 Å². The van der Waals surface area contributed by atoms with Gasteiger partial charge in [0.15, 0.2) is 17.5 Å². The van der Waals surface area contributed by atoms with Gasteiger partial charge in [-0.05, 0) is 73.8 Å². The lowest BCUT2D eigenvalue weighted by molar-refractivity contribution is 0.669. The molecule has 228 valence electrons. The van der Waals surface area contributed by atoms with Gasteiger partial charge >= 0.3 is 0 Å². The first-order valence-corrected chi connectivity index (χ1v) is 16.4. The average molecular weight is 626 g/mol. The summed E-state index contributed by atoms with van der Waals surface area (Å²) in [4.78, 5) is 15.5. The summed E-state index contributed by atoms with van der Waals surface area (Å²) in [7, 11) is 0. The third kappa shape index (κ3) is 4.65. The zero-order valence-corrected chi connectivity index (χ0v) is 26.3. The Labute approximate surface area is 282 Å². The van der Waals surface area contributed by atoms with E-state index in [9.17, 15) is 0 Å². The molecule has 0 saturated carbocycles. The summed E-state index contributed by atoms with van der Waals surface area (Å²) in [6, 6.07) is 57.1. The van der Waals surface area contributed by atoms with Crippen molar-refractivity contribution in [3.8, 4) is 45.3 Å². The van der Waals surface area contributed by atoms with Crippen LogP contribution in [0.3, 0.4) is 0 Å². The molecule has 0 N–H and O–H groups in total. The predicted molar refractivity (Wildman–Crippen MR) is 201 cm³/mol. The van der Waals surface area contributed by atoms with Crippen molar-refractivity contribution in [2.45, 2.75) is 0 Å². The Hall–Kier alpha value is -6.65. The Morgan fingerprint density at radius 1 is 0.327 bits per heavy atom. The van der Waals surface area contributed by atoms with Crippen molar-refractivity contribution in [1.29, 1.82) is 0 Å². The maximum absolute atomic E-state index is 6.45. The molecule has 2 heterocycles. The summed E-state index contributed by atoms with van der Waals surface area (Å²) in [6.45, 7) is 0. The van der Waals surface area contributed by atoms with Gasteiger partial charge in [-0.1, -0.05) is 133 Å². The van der Waals surface area contributed by atoms with Crippen LogP contribution in [0.4, 0.5) is 0 Å². The van der Waals surface area contributed by atoms with Crippen molar-refractivity contribution in [2.75, 3.05) is 0 Å². The molecule has 0 atom stereocenters. The second-order valence-corrected chi connectivity index (χ2v) is 12.5. The number of aromatic nitrogens is 3. The topological polar surface area (TPSA) is 51.8 Å². The van der Waals surface area contributed by atoms with Crippen molar-refractivity contribution < 1.29 is 4.42 Å². The van der Waals surface area contributed by atoms with E-state index < -0.39 is 0 Å². The van der Waals surface area contributed by atoms with Crippen molar-refractivity contribution >= 4 is 54.3 Å². The van der Waals surface area contributed by atoms with Crippen LogP contribution < -0.4 is 0 Å². The highest BCUT2D eigenvalue weighted by Crippen LogP contribution is 2.37. The summed E-state index contributed by atoms with van der Waals surface area (Å²) in [5, 5.41) is 9.05. The van der Waals surface area contributed by atoms with Gasteiger partial charge in [-0.3, -0.25) is 0 Å². The minimum atomic E-state index is 0.570. The highest BCUT2D eigenvalue weighted by molar-refractivity contribution is 6.09. The second kappa shape index (κ2) is 11.0. The first-order valence-electron chi connectivity index (χ1n) is 16.4. The number of rotatable bonds is 4. The Bertz CT molecular complexity index is 2900. The van der Waals surface area contributed by atoms with Gasteiger partial charge in [0, 0.05) is 21.9 Å². The third-order valence-corrected chi connectivity index (χ3v) is 9.49. The van der Waals surface area contributed by atoms with Gasteiger partial charge in [0.05, 0.1) is 5.56 Å². The van der Waals surface area contributed by atoms with Crippen molar-refractivity contribution in [3.63, 3.8) is 0 Å². The highest BCUT2D eigenvalue weighted by Gasteiger charge is 2.19. The number of nitrogens with zero attached hydrogens (tertiary/aromatic N) is 3. The molecule has 2 aromatic heterocycles. The van der Waals surface area contributed by atoms with Crippen LogP contribution in [0.5, 0.6) is 0 Å². The van der Waals surface area contributed by atoms with E-state index in [-0.39, 0.29) is 0 Å². The minimum Gasteiger partial charge on any atom is -0.455 e. The quantitative estimate of drug-likeness (QED) is 0.195. The number of furan rings is 1. The molecular formula is C45H27N3O. The zero-order chi connectivity index (χ0) is 32.3. The molecule has 0 aliphatic carbocycles. The van der Waals surface area contributed by atoms with Gasteiger partial charge in [-0.25, -0.2) is 15.0 Å². The van der Waals surface area contributed by atoms with Crippen LogP contribution in [-0.2, 0) is 0 Å². The standard InChI is InChI=1S/C45H27N3O/c1-3-11-31-25-33(22-19-28(31)9-1)34-23-21-30-13-7-16-38(40(30)27-34)44-46-43(35-24-20-29-10-2-4-12-32(29)26-35)47-45(48-44)39-17-8-15-37-36-14-5-6-18-41(36)49-42(37)39/h1-27H. The summed E-state index contributed by atoms with van der Waals surface area (Å²) < 4.78 is 6.45. The van der Waals surface area contributed by atoms with Crippen LogP contribution in [0.2, 0.25) is 0 Å². The van der Waals surface area contributed by atoms with Gasteiger partial charge in [0.1, 0.15) is 11.2 Å². The van der Waals surface area contributed by atoms with Crippen molar-refractivity contribution in [2.24, 2.45) is 0 Å². The summed E-state index contributed by atoms with van der Waals surface area (Å²) in [5.41, 5.74) is 6.62. The van der Waals surface area contributed by atoms with Crippen LogP contribution in [0, 0.1) is 0 Å². The molecule has 4 nitrogen and oxygen atoms in total. The largest absolute Gasteiger partial charge is 0.455 e. The summed E-state index contributed by atoms with van der Waals surface area (Å²) in [5.74, 6) is 1.80. The Morgan fingerprint density at radius 3 is 1.65 bits per heavy atom. The molecule has 10 aromatic rings. The van der Waals surface area contributed by atoms with Crippen molar-refractivity contribution in [3.05, 3.63) is 164 Å². The van der Waals surface area contributed by atoms with E-state index in [4.69, 9.17) is 19.4 Å². The molecule has 4 heteroatoms. The first kappa shape index (κ1) is 27.5. The number of benzene rings is 8. The van der Waals surface area contributed by atoms with E-state index in [1.807, 2.05) is 30.3 Å². The lowest BCUT2D eigenvalue weighted by Crippen LogP contribution is -2.01. The van der Waals surface area contributed by atoms with Crippen LogP contribution in [0.25, 0.3) is 99.5 Å². The molecule has 0 radical (unpaired) electrons. The van der Waals surface area contributed by atoms with E-state index in [2.05, 4.69) is 133 Å². The predicted octanol–water partition coefficient (Wildman–Crippen LogP) is 11.9. The molecule has 0 fully saturated rings. The van der Waals surface area contributed by atoms with E-state index in [1.54, 1.807) is 0 Å². The molecular weight excluding hydrogens is 599 g/mol. The maximum atomic E-state index is 6.45. The summed E-state index contributed by atoms with van der Waals surface area (Å²) in [6.07, 6.45) is 0. The normalized spacial score (nSPS) is 11.7. The number of fused-ring (bicyclic) bond motifs is 6. The number of para-hydroxylation sites is 2. The van der Waals surface area contributed by atoms with Crippen LogP contribution in [0.15, 0.2) is 168 Å². The summed E-state index contributed by atoms with van der Waals surface area (Å²) >= 11 is 0. The molecule has 8 aromatic carbocycles. The average Bonchev–Trinajstić information content (AvgIpc) is 3.56. The van der Waals surface area contributed by atoms with Gasteiger partial charge in [-0.2, -0.15) is 0 Å². The minimum absolute atomic E-state index is 0.570. The number of hydrogen-bond acceptors (Lipinski definition) is 4. The maximum Gasteiger partial charge on any atom is 0.167 e. The molecule has 0 saturated heterocycles. The Balaban J connectivity index is 1.21. The monoisotopic (exact) mass is 625 g/mol. The number of hydrogen-bond donors (Lipinski definition) is 0. The fraction of sp³-hybridized carbons (Fsp3) is 0. The fourth-order valence-corrected chi connectivity index (χ4v) is 7.01. The van der Waals surface area contributed by atoms with E-state index in [0.29, 0.717) is 17.5 Å². The molecule has 0 amide bonds. The Kier molecular flexibility index (Phi) is 6.15. The van der Waals surface area contributed by atoms with E-state index in [0.717, 1.165) is 60.4 Å². The smallest absolute Gasteiger partial charge is 0.167 e. The first-order chi connectivity index (χ1) is 24.2. The lowest BCUT2D eigenvalue weighted by Gasteiger charge is -2.12. The van der Waals surface area contributed by atoms with E-state index in [1.165, 1.54) is 21.7 Å². The second-order valence-electron chi connectivity index (χ2n) is 12.5. The molecule has 0 bridgehead atoms. The zero-order valence-electron chi connectivity index (χ0n) is 26.3. The molecule has 0 aliphatic heterocycles. The Morgan fingerprint density at radius 2 is 0.857 bits per heavy atom. The van der Waals surface area contributed by atoms with E-state index >= 15 is 0 Å². The van der Waals surface area contributed by atoms with Crippen LogP contribution in [0.1, 0.15) is 0 Å². The third-order valence-electron chi connectivity index (χ3n) is 9.49. The molecule has 10 rings (SSSR count). The lowest BCUT2D eigenvalue weighted by atomic mass is 9.96. The van der Waals surface area contributed by atoms with Gasteiger partial charge in [0.2, 0.25) is 0 Å². The van der Waals surface area contributed by atoms with Crippen LogP contribution in [-0.4, -0.2) is 15.0 Å². The molecule has 0 unspecified atom stereocenters. The van der Waals surface area contributed by atoms with Gasteiger partial charge in [-0.15, -0.1) is 0 Å². The molecule has 0 spiro atoms. The SMILES string of the molecule is c1ccc2cc(-c3ccc4cccc(-c5nc(-c6ccc7ccccc7c6)nc(-c6cccc7c6oc6ccccc67)n5)c4c3)ccc2c1. The highest BCUT2D eigenvalue weighted by atomic mass is 16.3. The fourth-order valence-electron chi connectivity index (χ4n) is 7.01.